The molecule has 104 valence electrons. The summed E-state index contributed by atoms with van der Waals surface area (Å²) in [5.41, 5.74) is 0. The summed E-state index contributed by atoms with van der Waals surface area (Å²) >= 11 is 0. The monoisotopic (exact) mass is 256 g/mol. The normalized spacial score (nSPS) is 20.5. The van der Waals surface area contributed by atoms with Gasteiger partial charge in [0.1, 0.15) is 0 Å². The lowest BCUT2D eigenvalue weighted by Crippen LogP contribution is -2.43. The maximum atomic E-state index is 11.3. The van der Waals surface area contributed by atoms with Crippen LogP contribution in [0.25, 0.3) is 0 Å². The quantitative estimate of drug-likeness (QED) is 0.652. The highest BCUT2D eigenvalue weighted by Gasteiger charge is 2.29. The average molecular weight is 256 g/mol. The minimum absolute atomic E-state index is 0.0494. The number of hydrogen-bond donors (Lipinski definition) is 1. The Morgan fingerprint density at radius 2 is 2.06 bits per heavy atom. The van der Waals surface area contributed by atoms with Crippen LogP contribution in [0.2, 0.25) is 0 Å². The molecule has 1 atom stereocenters. The second-order valence-electron chi connectivity index (χ2n) is 4.94. The molecule has 0 radical (unpaired) electrons. The van der Waals surface area contributed by atoms with Crippen molar-refractivity contribution in [2.75, 3.05) is 32.7 Å². The molecule has 18 heavy (non-hydrogen) atoms. The van der Waals surface area contributed by atoms with E-state index in [2.05, 4.69) is 18.7 Å². The number of rotatable bonds is 8. The maximum Gasteiger partial charge on any atom is 0.373 e. The second-order valence-corrected chi connectivity index (χ2v) is 4.94. The number of aliphatic carboxylic acids is 1. The van der Waals surface area contributed by atoms with Gasteiger partial charge in [0.05, 0.1) is 6.54 Å². The molecule has 1 heterocycles. The Morgan fingerprint density at radius 3 is 2.61 bits per heavy atom. The lowest BCUT2D eigenvalue weighted by atomic mass is 10.2. The number of carbonyl (C=O) groups is 2. The van der Waals surface area contributed by atoms with Crippen molar-refractivity contribution in [1.82, 2.24) is 9.80 Å². The Balaban J connectivity index is 2.52. The highest BCUT2D eigenvalue weighted by molar-refractivity contribution is 6.33. The van der Waals surface area contributed by atoms with Crippen LogP contribution < -0.4 is 0 Å². The predicted molar refractivity (Wildman–Crippen MR) is 69.6 cm³/mol. The smallest absolute Gasteiger partial charge is 0.373 e. The summed E-state index contributed by atoms with van der Waals surface area (Å²) in [6.45, 7) is 8.16. The van der Waals surface area contributed by atoms with Crippen molar-refractivity contribution < 1.29 is 14.7 Å². The van der Waals surface area contributed by atoms with Gasteiger partial charge < -0.3 is 10.0 Å². The molecular formula is C13H24N2O3. The lowest BCUT2D eigenvalue weighted by molar-refractivity contribution is -0.149. The zero-order valence-corrected chi connectivity index (χ0v) is 11.4. The second kappa shape index (κ2) is 7.48. The Morgan fingerprint density at radius 1 is 1.33 bits per heavy atom. The zero-order valence-electron chi connectivity index (χ0n) is 11.4. The van der Waals surface area contributed by atoms with Gasteiger partial charge in [0.15, 0.2) is 0 Å². The average Bonchev–Trinajstić information content (AvgIpc) is 2.77. The standard InChI is InChI=1S/C13H24N2O3/c1-3-6-14-8-5-11(9-14)15(7-4-2)10-12(16)13(17)18/h11H,3-10H2,1-2H3,(H,17,18). The summed E-state index contributed by atoms with van der Waals surface area (Å²) in [7, 11) is 0. The minimum Gasteiger partial charge on any atom is -0.475 e. The van der Waals surface area contributed by atoms with E-state index >= 15 is 0 Å². The maximum absolute atomic E-state index is 11.3. The number of ketones is 1. The van der Waals surface area contributed by atoms with Crippen molar-refractivity contribution in [3.63, 3.8) is 0 Å². The minimum atomic E-state index is -1.32. The molecule has 0 aromatic rings. The van der Waals surface area contributed by atoms with E-state index in [-0.39, 0.29) is 6.54 Å². The van der Waals surface area contributed by atoms with Crippen molar-refractivity contribution in [2.24, 2.45) is 0 Å². The molecular weight excluding hydrogens is 232 g/mol. The van der Waals surface area contributed by atoms with Crippen molar-refractivity contribution in [3.8, 4) is 0 Å². The zero-order chi connectivity index (χ0) is 13.5. The van der Waals surface area contributed by atoms with Gasteiger partial charge in [-0.1, -0.05) is 13.8 Å². The van der Waals surface area contributed by atoms with Crippen LogP contribution >= 0.6 is 0 Å². The highest BCUT2D eigenvalue weighted by Crippen LogP contribution is 2.16. The number of carboxylic acid groups (broad SMARTS) is 1. The SMILES string of the molecule is CCCN1CCC(N(CCC)CC(=O)C(=O)O)C1. The summed E-state index contributed by atoms with van der Waals surface area (Å²) in [5, 5.41) is 8.69. The summed E-state index contributed by atoms with van der Waals surface area (Å²) in [5.74, 6) is -2.02. The van der Waals surface area contributed by atoms with Gasteiger partial charge >= 0.3 is 5.97 Å². The van der Waals surface area contributed by atoms with Crippen molar-refractivity contribution >= 4 is 11.8 Å². The molecule has 1 unspecified atom stereocenters. The van der Waals surface area contributed by atoms with Gasteiger partial charge in [-0.05, 0) is 38.9 Å². The fourth-order valence-electron chi connectivity index (χ4n) is 2.56. The molecule has 0 aromatic carbocycles. The number of Topliss-reactive ketones (excluding diaryl/α,β-unsaturated/α-hetero) is 1. The largest absolute Gasteiger partial charge is 0.475 e. The first kappa shape index (κ1) is 15.1. The summed E-state index contributed by atoms with van der Waals surface area (Å²) < 4.78 is 0. The first-order valence-corrected chi connectivity index (χ1v) is 6.81. The van der Waals surface area contributed by atoms with E-state index in [9.17, 15) is 9.59 Å². The van der Waals surface area contributed by atoms with Crippen molar-refractivity contribution in [3.05, 3.63) is 0 Å². The Bertz CT molecular complexity index is 294. The molecule has 5 nitrogen and oxygen atoms in total. The number of hydrogen-bond acceptors (Lipinski definition) is 4. The summed E-state index contributed by atoms with van der Waals surface area (Å²) in [6.07, 6.45) is 3.11. The molecule has 1 aliphatic heterocycles. The molecule has 1 rings (SSSR count). The fraction of sp³-hybridized carbons (Fsp3) is 0.846. The van der Waals surface area contributed by atoms with Crippen molar-refractivity contribution in [1.29, 1.82) is 0 Å². The Hall–Kier alpha value is -0.940. The number of nitrogens with zero attached hydrogens (tertiary/aromatic N) is 2. The molecule has 0 aromatic heterocycles. The van der Waals surface area contributed by atoms with Crippen LogP contribution in [-0.4, -0.2) is 65.4 Å². The van der Waals surface area contributed by atoms with Crippen molar-refractivity contribution in [2.45, 2.75) is 39.2 Å². The van der Waals surface area contributed by atoms with E-state index < -0.39 is 11.8 Å². The number of carbonyl (C=O) groups excluding carboxylic acids is 1. The first-order valence-electron chi connectivity index (χ1n) is 6.81. The van der Waals surface area contributed by atoms with Gasteiger partial charge in [-0.2, -0.15) is 0 Å². The number of carboxylic acids is 1. The molecule has 5 heteroatoms. The topological polar surface area (TPSA) is 60.9 Å². The molecule has 0 aliphatic carbocycles. The van der Waals surface area contributed by atoms with Crippen LogP contribution in [0.15, 0.2) is 0 Å². The fourth-order valence-corrected chi connectivity index (χ4v) is 2.56. The first-order chi connectivity index (χ1) is 8.58. The van der Waals surface area contributed by atoms with Crippen LogP contribution in [0.5, 0.6) is 0 Å². The third-order valence-corrected chi connectivity index (χ3v) is 3.40. The van der Waals surface area contributed by atoms with Gasteiger partial charge in [-0.25, -0.2) is 4.79 Å². The van der Waals surface area contributed by atoms with E-state index in [1.54, 1.807) is 0 Å². The summed E-state index contributed by atoms with van der Waals surface area (Å²) in [6, 6.07) is 0.333. The third-order valence-electron chi connectivity index (χ3n) is 3.40. The van der Waals surface area contributed by atoms with E-state index in [4.69, 9.17) is 5.11 Å². The van der Waals surface area contributed by atoms with Gasteiger partial charge in [0, 0.05) is 12.6 Å². The molecule has 0 amide bonds. The number of likely N-dealkylation sites (tertiary alicyclic amines) is 1. The van der Waals surface area contributed by atoms with Crippen LogP contribution in [0.1, 0.15) is 33.1 Å². The molecule has 1 N–H and O–H groups in total. The highest BCUT2D eigenvalue weighted by atomic mass is 16.4. The van der Waals surface area contributed by atoms with Gasteiger partial charge in [0.2, 0.25) is 0 Å². The van der Waals surface area contributed by atoms with E-state index in [1.807, 2.05) is 4.90 Å². The van der Waals surface area contributed by atoms with E-state index in [0.717, 1.165) is 45.4 Å². The molecule has 0 bridgehead atoms. The Labute approximate surface area is 109 Å². The van der Waals surface area contributed by atoms with E-state index in [1.165, 1.54) is 0 Å². The van der Waals surface area contributed by atoms with Gasteiger partial charge in [0.25, 0.3) is 5.78 Å². The Kier molecular flexibility index (Phi) is 6.29. The summed E-state index contributed by atoms with van der Waals surface area (Å²) in [4.78, 5) is 26.4. The van der Waals surface area contributed by atoms with Crippen LogP contribution in [0.3, 0.4) is 0 Å². The van der Waals surface area contributed by atoms with Crippen LogP contribution in [0.4, 0.5) is 0 Å². The van der Waals surface area contributed by atoms with Crippen LogP contribution in [-0.2, 0) is 9.59 Å². The molecule has 0 spiro atoms. The third kappa shape index (κ3) is 4.38. The molecule has 1 fully saturated rings. The predicted octanol–water partition coefficient (Wildman–Crippen LogP) is 0.836. The molecule has 0 saturated carbocycles. The lowest BCUT2D eigenvalue weighted by Gasteiger charge is -2.27. The van der Waals surface area contributed by atoms with Gasteiger partial charge in [-0.3, -0.25) is 9.69 Å². The van der Waals surface area contributed by atoms with Crippen LogP contribution in [0, 0.1) is 0 Å². The van der Waals surface area contributed by atoms with Gasteiger partial charge in [-0.15, -0.1) is 0 Å². The van der Waals surface area contributed by atoms with E-state index in [0.29, 0.717) is 6.04 Å². The molecule has 1 saturated heterocycles. The molecule has 1 aliphatic rings.